The molecule has 0 spiro atoms. The minimum atomic E-state index is -3.18. The van der Waals surface area contributed by atoms with Gasteiger partial charge in [0.25, 0.3) is 0 Å². The van der Waals surface area contributed by atoms with Crippen LogP contribution < -0.4 is 5.32 Å². The Hall–Kier alpha value is -1.40. The zero-order valence-corrected chi connectivity index (χ0v) is 13.0. The molecule has 0 unspecified atom stereocenters. The van der Waals surface area contributed by atoms with Gasteiger partial charge in [0.05, 0.1) is 11.3 Å². The number of carbonyl (C=O) groups excluding carboxylic acids is 1. The zero-order valence-electron chi connectivity index (χ0n) is 12.2. The van der Waals surface area contributed by atoms with Crippen LogP contribution in [0.5, 0.6) is 0 Å². The molecule has 0 bridgehead atoms. The van der Waals surface area contributed by atoms with Crippen LogP contribution in [-0.2, 0) is 21.1 Å². The van der Waals surface area contributed by atoms with Crippen molar-refractivity contribution in [1.29, 1.82) is 0 Å². The van der Waals surface area contributed by atoms with Gasteiger partial charge in [0.2, 0.25) is 5.91 Å². The molecule has 0 saturated heterocycles. The van der Waals surface area contributed by atoms with E-state index in [1.807, 2.05) is 14.1 Å². The molecular weight excluding hydrogens is 276 g/mol. The molecule has 5 nitrogen and oxygen atoms in total. The molecule has 0 heterocycles. The van der Waals surface area contributed by atoms with Crippen molar-refractivity contribution < 1.29 is 13.2 Å². The van der Waals surface area contributed by atoms with Crippen molar-refractivity contribution in [2.75, 3.05) is 33.4 Å². The molecule has 112 valence electrons. The van der Waals surface area contributed by atoms with E-state index in [0.29, 0.717) is 6.54 Å². The van der Waals surface area contributed by atoms with Crippen LogP contribution in [0.15, 0.2) is 29.2 Å². The molecule has 0 aliphatic carbocycles. The lowest BCUT2D eigenvalue weighted by molar-refractivity contribution is -0.120. The summed E-state index contributed by atoms with van der Waals surface area (Å²) in [6.45, 7) is 1.59. The van der Waals surface area contributed by atoms with E-state index >= 15 is 0 Å². The van der Waals surface area contributed by atoms with E-state index in [1.54, 1.807) is 12.1 Å². The van der Waals surface area contributed by atoms with Crippen molar-refractivity contribution in [1.82, 2.24) is 10.2 Å². The molecule has 1 rings (SSSR count). The fourth-order valence-electron chi connectivity index (χ4n) is 1.73. The highest BCUT2D eigenvalue weighted by atomic mass is 32.2. The Morgan fingerprint density at radius 2 is 1.80 bits per heavy atom. The quantitative estimate of drug-likeness (QED) is 0.753. The molecular formula is C14H22N2O3S. The standard InChI is InChI=1S/C14H22N2O3S/c1-16(2)10-4-9-15-14(17)11-12-5-7-13(8-6-12)20(3,18)19/h5-8H,4,9-11H2,1-3H3,(H,15,17). The normalized spacial score (nSPS) is 11.6. The fourth-order valence-corrected chi connectivity index (χ4v) is 2.36. The average Bonchev–Trinajstić information content (AvgIpc) is 2.34. The molecule has 0 aromatic heterocycles. The summed E-state index contributed by atoms with van der Waals surface area (Å²) in [6.07, 6.45) is 2.34. The number of nitrogens with zero attached hydrogens (tertiary/aromatic N) is 1. The highest BCUT2D eigenvalue weighted by Crippen LogP contribution is 2.10. The lowest BCUT2D eigenvalue weighted by Crippen LogP contribution is -2.28. The first-order valence-corrected chi connectivity index (χ1v) is 8.38. The van der Waals surface area contributed by atoms with E-state index in [4.69, 9.17) is 0 Å². The number of rotatable bonds is 7. The Bertz CT molecular complexity index is 536. The van der Waals surface area contributed by atoms with Crippen molar-refractivity contribution in [3.8, 4) is 0 Å². The largest absolute Gasteiger partial charge is 0.356 e. The van der Waals surface area contributed by atoms with E-state index in [-0.39, 0.29) is 17.2 Å². The lowest BCUT2D eigenvalue weighted by Gasteiger charge is -2.10. The van der Waals surface area contributed by atoms with Crippen molar-refractivity contribution >= 4 is 15.7 Å². The molecule has 6 heteroatoms. The Balaban J connectivity index is 2.43. The number of sulfone groups is 1. The monoisotopic (exact) mass is 298 g/mol. The summed E-state index contributed by atoms with van der Waals surface area (Å²) < 4.78 is 22.6. The lowest BCUT2D eigenvalue weighted by atomic mass is 10.1. The van der Waals surface area contributed by atoms with Crippen LogP contribution >= 0.6 is 0 Å². The van der Waals surface area contributed by atoms with Gasteiger partial charge < -0.3 is 10.2 Å². The van der Waals surface area contributed by atoms with Crippen molar-refractivity contribution in [3.63, 3.8) is 0 Å². The van der Waals surface area contributed by atoms with E-state index in [9.17, 15) is 13.2 Å². The first kappa shape index (κ1) is 16.7. The van der Waals surface area contributed by atoms with E-state index in [0.717, 1.165) is 18.5 Å². The van der Waals surface area contributed by atoms with Gasteiger partial charge in [0.1, 0.15) is 0 Å². The molecule has 1 aromatic rings. The van der Waals surface area contributed by atoms with Crippen LogP contribution in [0, 0.1) is 0 Å². The topological polar surface area (TPSA) is 66.5 Å². The second-order valence-corrected chi connectivity index (χ2v) is 7.12. The van der Waals surface area contributed by atoms with Crippen molar-refractivity contribution in [2.24, 2.45) is 0 Å². The molecule has 1 aromatic carbocycles. The summed E-state index contributed by atoms with van der Waals surface area (Å²) in [7, 11) is 0.803. The third kappa shape index (κ3) is 6.16. The highest BCUT2D eigenvalue weighted by molar-refractivity contribution is 7.90. The van der Waals surface area contributed by atoms with Crippen molar-refractivity contribution in [3.05, 3.63) is 29.8 Å². The van der Waals surface area contributed by atoms with Crippen LogP contribution in [0.1, 0.15) is 12.0 Å². The summed E-state index contributed by atoms with van der Waals surface area (Å²) in [6, 6.07) is 6.42. The van der Waals surface area contributed by atoms with Gasteiger partial charge in [-0.2, -0.15) is 0 Å². The third-order valence-corrected chi connectivity index (χ3v) is 3.95. The maximum absolute atomic E-state index is 11.7. The molecule has 0 aliphatic rings. The van der Waals surface area contributed by atoms with Gasteiger partial charge in [0.15, 0.2) is 9.84 Å². The smallest absolute Gasteiger partial charge is 0.224 e. The number of benzene rings is 1. The SMILES string of the molecule is CN(C)CCCNC(=O)Cc1ccc(S(C)(=O)=O)cc1. The van der Waals surface area contributed by atoms with Gasteiger partial charge in [-0.3, -0.25) is 4.79 Å². The molecule has 0 saturated carbocycles. The number of hydrogen-bond acceptors (Lipinski definition) is 4. The number of amides is 1. The predicted octanol–water partition coefficient (Wildman–Crippen LogP) is 0.701. The molecule has 20 heavy (non-hydrogen) atoms. The Labute approximate surface area is 120 Å². The summed E-state index contributed by atoms with van der Waals surface area (Å²) in [5.41, 5.74) is 0.808. The van der Waals surface area contributed by atoms with Gasteiger partial charge in [-0.25, -0.2) is 8.42 Å². The van der Waals surface area contributed by atoms with Crippen LogP contribution in [0.25, 0.3) is 0 Å². The van der Waals surface area contributed by atoms with Gasteiger partial charge in [-0.1, -0.05) is 12.1 Å². The second kappa shape index (κ2) is 7.40. The molecule has 0 radical (unpaired) electrons. The Kier molecular flexibility index (Phi) is 6.16. The average molecular weight is 298 g/mol. The minimum Gasteiger partial charge on any atom is -0.356 e. The minimum absolute atomic E-state index is 0.0455. The third-order valence-electron chi connectivity index (χ3n) is 2.82. The highest BCUT2D eigenvalue weighted by Gasteiger charge is 2.08. The maximum Gasteiger partial charge on any atom is 0.224 e. The molecule has 0 aliphatic heterocycles. The molecule has 1 N–H and O–H groups in total. The van der Waals surface area contributed by atoms with E-state index in [2.05, 4.69) is 10.2 Å². The maximum atomic E-state index is 11.7. The van der Waals surface area contributed by atoms with E-state index in [1.165, 1.54) is 18.4 Å². The second-order valence-electron chi connectivity index (χ2n) is 5.10. The van der Waals surface area contributed by atoms with Crippen molar-refractivity contribution in [2.45, 2.75) is 17.7 Å². The molecule has 1 amide bonds. The molecule has 0 atom stereocenters. The number of carbonyl (C=O) groups is 1. The van der Waals surface area contributed by atoms with Gasteiger partial charge in [-0.15, -0.1) is 0 Å². The van der Waals surface area contributed by atoms with Gasteiger partial charge in [0, 0.05) is 12.8 Å². The summed E-state index contributed by atoms with van der Waals surface area (Å²) in [4.78, 5) is 14.0. The van der Waals surface area contributed by atoms with Crippen LogP contribution in [0.3, 0.4) is 0 Å². The summed E-state index contributed by atoms with van der Waals surface area (Å²) in [5.74, 6) is -0.0455. The predicted molar refractivity (Wildman–Crippen MR) is 79.4 cm³/mol. The van der Waals surface area contributed by atoms with Gasteiger partial charge in [-0.05, 0) is 44.8 Å². The van der Waals surface area contributed by atoms with Crippen LogP contribution in [0.4, 0.5) is 0 Å². The summed E-state index contributed by atoms with van der Waals surface area (Å²) in [5, 5.41) is 2.85. The molecule has 0 fully saturated rings. The number of hydrogen-bond donors (Lipinski definition) is 1. The number of nitrogens with one attached hydrogen (secondary N) is 1. The zero-order chi connectivity index (χ0) is 15.2. The fraction of sp³-hybridized carbons (Fsp3) is 0.500. The Morgan fingerprint density at radius 1 is 1.20 bits per heavy atom. The van der Waals surface area contributed by atoms with Crippen LogP contribution in [0.2, 0.25) is 0 Å². The first-order valence-electron chi connectivity index (χ1n) is 6.49. The van der Waals surface area contributed by atoms with Crippen LogP contribution in [-0.4, -0.2) is 52.7 Å². The Morgan fingerprint density at radius 3 is 2.30 bits per heavy atom. The van der Waals surface area contributed by atoms with Gasteiger partial charge >= 0.3 is 0 Å². The first-order chi connectivity index (χ1) is 9.29. The summed E-state index contributed by atoms with van der Waals surface area (Å²) >= 11 is 0. The van der Waals surface area contributed by atoms with E-state index < -0.39 is 9.84 Å².